The van der Waals surface area contributed by atoms with Crippen molar-refractivity contribution >= 4 is 8.56 Å². The molecule has 0 aliphatic carbocycles. The minimum Gasteiger partial charge on any atom is -0.394 e. The van der Waals surface area contributed by atoms with Crippen molar-refractivity contribution < 1.29 is 13.6 Å². The van der Waals surface area contributed by atoms with Gasteiger partial charge in [-0.25, -0.2) is 0 Å². The first-order valence-corrected chi connectivity index (χ1v) is 9.39. The Kier molecular flexibility index (Phi) is 7.35. The summed E-state index contributed by atoms with van der Waals surface area (Å²) in [7, 11) is -1.93. The van der Waals surface area contributed by atoms with Gasteiger partial charge < -0.3 is 13.6 Å². The molecule has 0 aromatic carbocycles. The zero-order valence-corrected chi connectivity index (χ0v) is 12.7. The largest absolute Gasteiger partial charge is 0.394 e. The predicted octanol–water partition coefficient (Wildman–Crippen LogP) is 3.48. The molecule has 0 N–H and O–H groups in total. The first-order chi connectivity index (χ1) is 8.26. The summed E-state index contributed by atoms with van der Waals surface area (Å²) in [4.78, 5) is 0. The highest BCUT2D eigenvalue weighted by Crippen LogP contribution is 2.21. The average molecular weight is 260 g/mol. The lowest BCUT2D eigenvalue weighted by Crippen LogP contribution is -2.43. The summed E-state index contributed by atoms with van der Waals surface area (Å²) < 4.78 is 17.8. The van der Waals surface area contributed by atoms with Crippen LogP contribution in [0.5, 0.6) is 0 Å². The molecule has 0 amide bonds. The maximum Gasteiger partial charge on any atom is 0.337 e. The molecular weight excluding hydrogens is 232 g/mol. The first kappa shape index (κ1) is 15.2. The predicted molar refractivity (Wildman–Crippen MR) is 72.5 cm³/mol. The summed E-state index contributed by atoms with van der Waals surface area (Å²) >= 11 is 0. The number of rotatable bonds is 9. The molecule has 0 bridgehead atoms. The van der Waals surface area contributed by atoms with E-state index in [4.69, 9.17) is 13.6 Å². The molecule has 1 atom stereocenters. The molecule has 1 rings (SSSR count). The van der Waals surface area contributed by atoms with Crippen LogP contribution in [0.3, 0.4) is 0 Å². The average Bonchev–Trinajstić information content (AvgIpc) is 2.87. The van der Waals surface area contributed by atoms with Gasteiger partial charge in [-0.1, -0.05) is 27.2 Å². The standard InChI is InChI=1S/C13H28O3Si/c1-4-7-11-15-17(5-2,6-3)16-12-13-9-8-10-14-13/h13H,4-12H2,1-3H3. The zero-order chi connectivity index (χ0) is 12.6. The van der Waals surface area contributed by atoms with Crippen LogP contribution in [0, 0.1) is 0 Å². The summed E-state index contributed by atoms with van der Waals surface area (Å²) in [5, 5.41) is 0. The van der Waals surface area contributed by atoms with Gasteiger partial charge in [-0.15, -0.1) is 0 Å². The summed E-state index contributed by atoms with van der Waals surface area (Å²) in [5.74, 6) is 0. The number of hydrogen-bond acceptors (Lipinski definition) is 3. The van der Waals surface area contributed by atoms with E-state index < -0.39 is 8.56 Å². The van der Waals surface area contributed by atoms with Crippen molar-refractivity contribution in [3.05, 3.63) is 0 Å². The molecule has 1 saturated heterocycles. The van der Waals surface area contributed by atoms with Gasteiger partial charge in [-0.2, -0.15) is 0 Å². The Labute approximate surface area is 107 Å². The number of ether oxygens (including phenoxy) is 1. The van der Waals surface area contributed by atoms with Crippen molar-refractivity contribution in [1.82, 2.24) is 0 Å². The fourth-order valence-electron chi connectivity index (χ4n) is 2.12. The fraction of sp³-hybridized carbons (Fsp3) is 1.00. The summed E-state index contributed by atoms with van der Waals surface area (Å²) in [6.07, 6.45) is 4.96. The van der Waals surface area contributed by atoms with Gasteiger partial charge in [0.25, 0.3) is 0 Å². The van der Waals surface area contributed by atoms with E-state index in [2.05, 4.69) is 20.8 Å². The second kappa shape index (κ2) is 8.24. The SMILES string of the molecule is CCCCO[Si](CC)(CC)OCC1CCCO1. The van der Waals surface area contributed by atoms with Gasteiger partial charge in [0, 0.05) is 13.2 Å². The Bertz CT molecular complexity index is 189. The molecule has 1 aliphatic rings. The van der Waals surface area contributed by atoms with Crippen LogP contribution in [0.2, 0.25) is 12.1 Å². The monoisotopic (exact) mass is 260 g/mol. The number of unbranched alkanes of at least 4 members (excludes halogenated alkanes) is 1. The Balaban J connectivity index is 2.33. The molecule has 102 valence electrons. The van der Waals surface area contributed by atoms with Crippen molar-refractivity contribution in [3.8, 4) is 0 Å². The van der Waals surface area contributed by atoms with Gasteiger partial charge in [-0.3, -0.25) is 0 Å². The Hall–Kier alpha value is 0.0969. The molecule has 0 radical (unpaired) electrons. The third-order valence-electron chi connectivity index (χ3n) is 3.50. The van der Waals surface area contributed by atoms with Gasteiger partial charge in [-0.05, 0) is 31.4 Å². The molecule has 1 aliphatic heterocycles. The maximum atomic E-state index is 6.15. The van der Waals surface area contributed by atoms with Crippen LogP contribution in [-0.2, 0) is 13.6 Å². The lowest BCUT2D eigenvalue weighted by atomic mass is 10.2. The number of hydrogen-bond donors (Lipinski definition) is 0. The van der Waals surface area contributed by atoms with Gasteiger partial charge in [0.05, 0.1) is 12.7 Å². The van der Waals surface area contributed by atoms with E-state index >= 15 is 0 Å². The van der Waals surface area contributed by atoms with Gasteiger partial charge in [0.2, 0.25) is 0 Å². The summed E-state index contributed by atoms with van der Waals surface area (Å²) in [6.45, 7) is 9.07. The van der Waals surface area contributed by atoms with E-state index in [1.807, 2.05) is 0 Å². The van der Waals surface area contributed by atoms with Crippen LogP contribution in [0.1, 0.15) is 46.5 Å². The van der Waals surface area contributed by atoms with E-state index in [0.29, 0.717) is 6.10 Å². The fourth-order valence-corrected chi connectivity index (χ4v) is 4.53. The highest BCUT2D eigenvalue weighted by molar-refractivity contribution is 6.67. The molecule has 17 heavy (non-hydrogen) atoms. The van der Waals surface area contributed by atoms with Crippen LogP contribution in [0.25, 0.3) is 0 Å². The zero-order valence-electron chi connectivity index (χ0n) is 11.7. The third kappa shape index (κ3) is 5.08. The van der Waals surface area contributed by atoms with Crippen molar-refractivity contribution in [2.24, 2.45) is 0 Å². The van der Waals surface area contributed by atoms with Crippen molar-refractivity contribution in [2.75, 3.05) is 19.8 Å². The van der Waals surface area contributed by atoms with Crippen molar-refractivity contribution in [3.63, 3.8) is 0 Å². The molecule has 4 heteroatoms. The molecule has 1 unspecified atom stereocenters. The third-order valence-corrected chi connectivity index (χ3v) is 7.07. The van der Waals surface area contributed by atoms with Gasteiger partial charge in [0.15, 0.2) is 0 Å². The molecule has 1 heterocycles. The highest BCUT2D eigenvalue weighted by atomic mass is 28.4. The summed E-state index contributed by atoms with van der Waals surface area (Å²) in [6, 6.07) is 2.08. The van der Waals surface area contributed by atoms with Crippen LogP contribution >= 0.6 is 0 Å². The Morgan fingerprint density at radius 2 is 1.94 bits per heavy atom. The molecule has 0 aromatic heterocycles. The molecule has 0 saturated carbocycles. The topological polar surface area (TPSA) is 27.7 Å². The van der Waals surface area contributed by atoms with E-state index in [-0.39, 0.29) is 0 Å². The van der Waals surface area contributed by atoms with Crippen LogP contribution < -0.4 is 0 Å². The van der Waals surface area contributed by atoms with Gasteiger partial charge in [0.1, 0.15) is 0 Å². The second-order valence-electron chi connectivity index (χ2n) is 4.77. The first-order valence-electron chi connectivity index (χ1n) is 7.15. The van der Waals surface area contributed by atoms with E-state index in [9.17, 15) is 0 Å². The van der Waals surface area contributed by atoms with Crippen LogP contribution in [0.15, 0.2) is 0 Å². The smallest absolute Gasteiger partial charge is 0.337 e. The Morgan fingerprint density at radius 3 is 2.47 bits per heavy atom. The minimum atomic E-state index is -1.93. The second-order valence-corrected chi connectivity index (χ2v) is 8.58. The molecule has 0 spiro atoms. The van der Waals surface area contributed by atoms with Crippen molar-refractivity contribution in [1.29, 1.82) is 0 Å². The maximum absolute atomic E-state index is 6.15. The van der Waals surface area contributed by atoms with Crippen LogP contribution in [-0.4, -0.2) is 34.5 Å². The molecule has 1 fully saturated rings. The molecule has 0 aromatic rings. The summed E-state index contributed by atoms with van der Waals surface area (Å²) in [5.41, 5.74) is 0. The molecule has 3 nitrogen and oxygen atoms in total. The minimum absolute atomic E-state index is 0.315. The lowest BCUT2D eigenvalue weighted by Gasteiger charge is -2.29. The lowest BCUT2D eigenvalue weighted by molar-refractivity contribution is 0.0480. The quantitative estimate of drug-likeness (QED) is 0.469. The molecular formula is C13H28O3Si. The Morgan fingerprint density at radius 1 is 1.18 bits per heavy atom. The van der Waals surface area contributed by atoms with Gasteiger partial charge >= 0.3 is 8.56 Å². The van der Waals surface area contributed by atoms with E-state index in [1.54, 1.807) is 0 Å². The van der Waals surface area contributed by atoms with E-state index in [0.717, 1.165) is 44.8 Å². The highest BCUT2D eigenvalue weighted by Gasteiger charge is 2.34. The van der Waals surface area contributed by atoms with Crippen molar-refractivity contribution in [2.45, 2.75) is 64.6 Å². The normalized spacial score (nSPS) is 21.0. The van der Waals surface area contributed by atoms with E-state index in [1.165, 1.54) is 12.8 Å². The van der Waals surface area contributed by atoms with Crippen LogP contribution in [0.4, 0.5) is 0 Å².